The zero-order valence-electron chi connectivity index (χ0n) is 17.8. The standard InChI is InChI=1S/C25H25BrN2O4/c26-20-2-4-21(5-3-20)31-17-22-6-8-24(32-22)25(29)28-12-10-27(11-13-28)16-18-1-7-23-19(15-18)9-14-30-23/h1-8,15H,9-14,16-17H2. The molecule has 2 aliphatic heterocycles. The van der Waals surface area contributed by atoms with Gasteiger partial charge in [-0.3, -0.25) is 9.69 Å². The van der Waals surface area contributed by atoms with Gasteiger partial charge in [-0.2, -0.15) is 0 Å². The highest BCUT2D eigenvalue weighted by molar-refractivity contribution is 9.10. The summed E-state index contributed by atoms with van der Waals surface area (Å²) in [6, 6.07) is 17.6. The third-order valence-corrected chi connectivity index (χ3v) is 6.42. The topological polar surface area (TPSA) is 55.2 Å². The molecule has 1 aromatic heterocycles. The number of fused-ring (bicyclic) bond motifs is 1. The van der Waals surface area contributed by atoms with Crippen molar-refractivity contribution in [2.45, 2.75) is 19.6 Å². The van der Waals surface area contributed by atoms with Crippen molar-refractivity contribution in [3.63, 3.8) is 0 Å². The van der Waals surface area contributed by atoms with Crippen LogP contribution in [-0.2, 0) is 19.6 Å². The summed E-state index contributed by atoms with van der Waals surface area (Å²) >= 11 is 3.41. The summed E-state index contributed by atoms with van der Waals surface area (Å²) in [6.07, 6.45) is 0.991. The average Bonchev–Trinajstić information content (AvgIpc) is 3.48. The first-order chi connectivity index (χ1) is 15.6. The lowest BCUT2D eigenvalue weighted by atomic mass is 10.1. The van der Waals surface area contributed by atoms with Gasteiger partial charge < -0.3 is 18.8 Å². The van der Waals surface area contributed by atoms with Crippen LogP contribution in [0.25, 0.3) is 0 Å². The highest BCUT2D eigenvalue weighted by atomic mass is 79.9. The van der Waals surface area contributed by atoms with Gasteiger partial charge in [-0.1, -0.05) is 28.1 Å². The van der Waals surface area contributed by atoms with Gasteiger partial charge in [-0.05, 0) is 53.6 Å². The molecule has 3 heterocycles. The van der Waals surface area contributed by atoms with Crippen LogP contribution in [0.1, 0.15) is 27.4 Å². The number of benzene rings is 2. The van der Waals surface area contributed by atoms with Gasteiger partial charge in [-0.25, -0.2) is 0 Å². The minimum atomic E-state index is -0.0609. The number of piperazine rings is 1. The largest absolute Gasteiger partial charge is 0.493 e. The second kappa shape index (κ2) is 9.38. The lowest BCUT2D eigenvalue weighted by Crippen LogP contribution is -2.48. The minimum absolute atomic E-state index is 0.0609. The molecule has 2 aromatic carbocycles. The molecular weight excluding hydrogens is 472 g/mol. The van der Waals surface area contributed by atoms with E-state index in [2.05, 4.69) is 39.0 Å². The summed E-state index contributed by atoms with van der Waals surface area (Å²) in [5.41, 5.74) is 2.60. The Bertz CT molecular complexity index is 1090. The Labute approximate surface area is 195 Å². The molecular formula is C25H25BrN2O4. The Morgan fingerprint density at radius 3 is 2.62 bits per heavy atom. The van der Waals surface area contributed by atoms with Crippen molar-refractivity contribution in [2.75, 3.05) is 32.8 Å². The van der Waals surface area contributed by atoms with Gasteiger partial charge in [0.1, 0.15) is 23.9 Å². The fraction of sp³-hybridized carbons (Fsp3) is 0.320. The molecule has 0 aliphatic carbocycles. The number of hydrogen-bond acceptors (Lipinski definition) is 5. The van der Waals surface area contributed by atoms with Gasteiger partial charge in [0.05, 0.1) is 6.61 Å². The number of amides is 1. The molecule has 2 aliphatic rings. The van der Waals surface area contributed by atoms with Crippen molar-refractivity contribution in [1.29, 1.82) is 0 Å². The van der Waals surface area contributed by atoms with Crippen LogP contribution in [0.15, 0.2) is 63.5 Å². The Morgan fingerprint density at radius 1 is 1.00 bits per heavy atom. The predicted molar refractivity (Wildman–Crippen MR) is 124 cm³/mol. The van der Waals surface area contributed by atoms with E-state index in [0.29, 0.717) is 24.6 Å². The Morgan fingerprint density at radius 2 is 1.81 bits per heavy atom. The van der Waals surface area contributed by atoms with E-state index in [0.717, 1.165) is 48.6 Å². The molecule has 1 saturated heterocycles. The van der Waals surface area contributed by atoms with E-state index in [1.54, 1.807) is 12.1 Å². The summed E-state index contributed by atoms with van der Waals surface area (Å²) < 4.78 is 18.1. The highest BCUT2D eigenvalue weighted by Gasteiger charge is 2.24. The fourth-order valence-corrected chi connectivity index (χ4v) is 4.38. The number of nitrogens with zero attached hydrogens (tertiary/aromatic N) is 2. The molecule has 1 amide bonds. The van der Waals surface area contributed by atoms with Gasteiger partial charge in [0.2, 0.25) is 0 Å². The van der Waals surface area contributed by atoms with Gasteiger partial charge in [0, 0.05) is 43.6 Å². The molecule has 5 rings (SSSR count). The van der Waals surface area contributed by atoms with Crippen molar-refractivity contribution in [1.82, 2.24) is 9.80 Å². The third-order valence-electron chi connectivity index (χ3n) is 5.89. The number of carbonyl (C=O) groups is 1. The van der Waals surface area contributed by atoms with Gasteiger partial charge in [0.25, 0.3) is 5.91 Å². The molecule has 0 N–H and O–H groups in total. The maximum absolute atomic E-state index is 12.9. The molecule has 0 unspecified atom stereocenters. The first-order valence-corrected chi connectivity index (χ1v) is 11.7. The SMILES string of the molecule is O=C(c1ccc(COc2ccc(Br)cc2)o1)N1CCN(Cc2ccc3c(c2)CCO3)CC1. The van der Waals surface area contributed by atoms with E-state index in [1.807, 2.05) is 29.2 Å². The summed E-state index contributed by atoms with van der Waals surface area (Å²) in [5.74, 6) is 2.71. The van der Waals surface area contributed by atoms with Crippen molar-refractivity contribution >= 4 is 21.8 Å². The lowest BCUT2D eigenvalue weighted by Gasteiger charge is -2.34. The number of halogens is 1. The van der Waals surface area contributed by atoms with Crippen molar-refractivity contribution in [3.05, 3.63) is 81.7 Å². The first-order valence-electron chi connectivity index (χ1n) is 10.9. The maximum Gasteiger partial charge on any atom is 0.289 e. The molecule has 0 saturated carbocycles. The molecule has 1 fully saturated rings. The molecule has 7 heteroatoms. The number of ether oxygens (including phenoxy) is 2. The smallest absolute Gasteiger partial charge is 0.289 e. The quantitative estimate of drug-likeness (QED) is 0.502. The summed E-state index contributed by atoms with van der Waals surface area (Å²) in [7, 11) is 0. The van der Waals surface area contributed by atoms with Crippen LogP contribution in [-0.4, -0.2) is 48.5 Å². The third kappa shape index (κ3) is 4.84. The number of rotatable bonds is 6. The van der Waals surface area contributed by atoms with Gasteiger partial charge in [0.15, 0.2) is 5.76 Å². The van der Waals surface area contributed by atoms with E-state index in [1.165, 1.54) is 11.1 Å². The number of hydrogen-bond donors (Lipinski definition) is 0. The van der Waals surface area contributed by atoms with Crippen LogP contribution in [0.3, 0.4) is 0 Å². The normalized spacial score (nSPS) is 16.0. The van der Waals surface area contributed by atoms with Crippen LogP contribution in [0, 0.1) is 0 Å². The van der Waals surface area contributed by atoms with Crippen molar-refractivity contribution < 1.29 is 18.7 Å². The molecule has 0 bridgehead atoms. The van der Waals surface area contributed by atoms with Crippen LogP contribution >= 0.6 is 15.9 Å². The minimum Gasteiger partial charge on any atom is -0.493 e. The van der Waals surface area contributed by atoms with E-state index < -0.39 is 0 Å². The molecule has 166 valence electrons. The van der Waals surface area contributed by atoms with E-state index in [-0.39, 0.29) is 12.5 Å². The van der Waals surface area contributed by atoms with Crippen LogP contribution in [0.2, 0.25) is 0 Å². The molecule has 0 radical (unpaired) electrons. The van der Waals surface area contributed by atoms with Crippen LogP contribution < -0.4 is 9.47 Å². The Kier molecular flexibility index (Phi) is 6.19. The predicted octanol–water partition coefficient (Wildman–Crippen LogP) is 4.51. The summed E-state index contributed by atoms with van der Waals surface area (Å²) in [4.78, 5) is 17.1. The first kappa shape index (κ1) is 21.1. The van der Waals surface area contributed by atoms with Crippen molar-refractivity contribution in [3.8, 4) is 11.5 Å². The zero-order chi connectivity index (χ0) is 21.9. The Balaban J connectivity index is 1.11. The average molecular weight is 497 g/mol. The highest BCUT2D eigenvalue weighted by Crippen LogP contribution is 2.26. The van der Waals surface area contributed by atoms with Crippen LogP contribution in [0.4, 0.5) is 0 Å². The van der Waals surface area contributed by atoms with Crippen molar-refractivity contribution in [2.24, 2.45) is 0 Å². The second-order valence-corrected chi connectivity index (χ2v) is 9.03. The molecule has 32 heavy (non-hydrogen) atoms. The molecule has 0 atom stereocenters. The lowest BCUT2D eigenvalue weighted by molar-refractivity contribution is 0.0594. The van der Waals surface area contributed by atoms with E-state index in [9.17, 15) is 4.79 Å². The second-order valence-electron chi connectivity index (χ2n) is 8.12. The summed E-state index contributed by atoms with van der Waals surface area (Å²) in [6.45, 7) is 5.04. The van der Waals surface area contributed by atoms with E-state index in [4.69, 9.17) is 13.9 Å². The van der Waals surface area contributed by atoms with Gasteiger partial charge >= 0.3 is 0 Å². The van der Waals surface area contributed by atoms with Gasteiger partial charge in [-0.15, -0.1) is 0 Å². The zero-order valence-corrected chi connectivity index (χ0v) is 19.3. The number of carbonyl (C=O) groups excluding carboxylic acids is 1. The molecule has 3 aromatic rings. The molecule has 6 nitrogen and oxygen atoms in total. The summed E-state index contributed by atoms with van der Waals surface area (Å²) in [5, 5.41) is 0. The van der Waals surface area contributed by atoms with Crippen LogP contribution in [0.5, 0.6) is 11.5 Å². The molecule has 0 spiro atoms. The Hall–Kier alpha value is -2.77. The maximum atomic E-state index is 12.9. The van der Waals surface area contributed by atoms with E-state index >= 15 is 0 Å². The fourth-order valence-electron chi connectivity index (χ4n) is 4.12. The monoisotopic (exact) mass is 496 g/mol. The number of furan rings is 1.